The van der Waals surface area contributed by atoms with E-state index < -0.39 is 10.0 Å². The molecular weight excluding hydrogens is 314 g/mol. The normalized spacial score (nSPS) is 11.0. The summed E-state index contributed by atoms with van der Waals surface area (Å²) in [4.78, 5) is 0. The van der Waals surface area contributed by atoms with Gasteiger partial charge in [-0.1, -0.05) is 19.1 Å². The molecule has 0 aliphatic heterocycles. The van der Waals surface area contributed by atoms with E-state index in [0.717, 1.165) is 6.42 Å². The van der Waals surface area contributed by atoms with Gasteiger partial charge in [-0.25, -0.2) is 8.42 Å². The van der Waals surface area contributed by atoms with Crippen molar-refractivity contribution in [3.05, 3.63) is 54.1 Å². The highest BCUT2D eigenvalue weighted by Crippen LogP contribution is 2.16. The third-order valence-electron chi connectivity index (χ3n) is 3.32. The summed E-state index contributed by atoms with van der Waals surface area (Å²) in [5, 5.41) is 0. The van der Waals surface area contributed by atoms with Crippen LogP contribution in [-0.2, 0) is 16.4 Å². The highest BCUT2D eigenvalue weighted by Gasteiger charge is 2.11. The summed E-state index contributed by atoms with van der Waals surface area (Å²) < 4.78 is 37.1. The van der Waals surface area contributed by atoms with E-state index in [2.05, 4.69) is 11.6 Å². The average molecular weight is 335 g/mol. The number of ether oxygens (including phenoxy) is 2. The number of nitrogens with one attached hydrogen (secondary N) is 1. The molecule has 0 atom stereocenters. The number of rotatable bonds is 8. The molecule has 6 heteroatoms. The lowest BCUT2D eigenvalue weighted by Gasteiger charge is -2.10. The fraction of sp³-hybridized carbons (Fsp3) is 0.294. The van der Waals surface area contributed by atoms with Gasteiger partial charge in [-0.05, 0) is 48.4 Å². The van der Waals surface area contributed by atoms with E-state index in [1.54, 1.807) is 31.4 Å². The first-order valence-electron chi connectivity index (χ1n) is 7.38. The zero-order chi connectivity index (χ0) is 16.7. The predicted octanol–water partition coefficient (Wildman–Crippen LogP) is 3.08. The Kier molecular flexibility index (Phi) is 5.87. The molecule has 0 unspecified atom stereocenters. The van der Waals surface area contributed by atoms with Gasteiger partial charge < -0.3 is 9.47 Å². The summed E-state index contributed by atoms with van der Waals surface area (Å²) in [5.74, 6) is 1.22. The average Bonchev–Trinajstić information content (AvgIpc) is 2.55. The van der Waals surface area contributed by atoms with Crippen LogP contribution in [0.1, 0.15) is 12.5 Å². The van der Waals surface area contributed by atoms with Gasteiger partial charge in [0.2, 0.25) is 10.0 Å². The molecule has 0 saturated heterocycles. The number of aryl methyl sites for hydroxylation is 1. The summed E-state index contributed by atoms with van der Waals surface area (Å²) in [7, 11) is -1.89. The van der Waals surface area contributed by atoms with E-state index in [4.69, 9.17) is 9.47 Å². The molecule has 2 rings (SSSR count). The zero-order valence-electron chi connectivity index (χ0n) is 13.3. The van der Waals surface area contributed by atoms with Gasteiger partial charge in [-0.2, -0.15) is 0 Å². The minimum absolute atomic E-state index is 0.0942. The molecule has 0 spiro atoms. The van der Waals surface area contributed by atoms with E-state index in [1.807, 2.05) is 24.3 Å². The van der Waals surface area contributed by atoms with Gasteiger partial charge in [0.05, 0.1) is 7.11 Å². The molecule has 0 aliphatic carbocycles. The topological polar surface area (TPSA) is 64.6 Å². The van der Waals surface area contributed by atoms with Crippen molar-refractivity contribution in [2.24, 2.45) is 0 Å². The van der Waals surface area contributed by atoms with E-state index in [0.29, 0.717) is 17.2 Å². The van der Waals surface area contributed by atoms with Crippen LogP contribution in [0.25, 0.3) is 0 Å². The predicted molar refractivity (Wildman–Crippen MR) is 91.7 cm³/mol. The Bertz CT molecular complexity index is 709. The van der Waals surface area contributed by atoms with Crippen molar-refractivity contribution in [2.75, 3.05) is 24.2 Å². The van der Waals surface area contributed by atoms with Crippen LogP contribution >= 0.6 is 0 Å². The summed E-state index contributed by atoms with van der Waals surface area (Å²) in [6.07, 6.45) is 0.959. The molecule has 0 fully saturated rings. The van der Waals surface area contributed by atoms with Crippen LogP contribution < -0.4 is 14.2 Å². The van der Waals surface area contributed by atoms with Gasteiger partial charge in [-0.15, -0.1) is 0 Å². The Morgan fingerprint density at radius 2 is 1.57 bits per heavy atom. The smallest absolute Gasteiger partial charge is 0.236 e. The number of sulfonamides is 1. The number of methoxy groups -OCH3 is 1. The van der Waals surface area contributed by atoms with Crippen LogP contribution in [0.2, 0.25) is 0 Å². The Labute approximate surface area is 137 Å². The number of hydrogen-bond acceptors (Lipinski definition) is 4. The number of anilines is 1. The van der Waals surface area contributed by atoms with E-state index in [1.165, 1.54) is 5.56 Å². The number of hydrogen-bond donors (Lipinski definition) is 1. The molecule has 2 aromatic rings. The molecule has 0 bridgehead atoms. The lowest BCUT2D eigenvalue weighted by Crippen LogP contribution is -2.21. The Balaban J connectivity index is 1.85. The van der Waals surface area contributed by atoms with Gasteiger partial charge in [0.25, 0.3) is 0 Å². The summed E-state index contributed by atoms with van der Waals surface area (Å²) in [6, 6.07) is 14.3. The molecule has 23 heavy (non-hydrogen) atoms. The van der Waals surface area contributed by atoms with E-state index >= 15 is 0 Å². The molecule has 0 saturated carbocycles. The van der Waals surface area contributed by atoms with Gasteiger partial charge >= 0.3 is 0 Å². The zero-order valence-corrected chi connectivity index (χ0v) is 14.1. The SMILES string of the molecule is CCc1ccc(OCCS(=O)(=O)Nc2ccc(OC)cc2)cc1. The first kappa shape index (κ1) is 17.1. The molecule has 1 N–H and O–H groups in total. The summed E-state index contributed by atoms with van der Waals surface area (Å²) in [5.41, 5.74) is 1.71. The van der Waals surface area contributed by atoms with Crippen molar-refractivity contribution in [3.63, 3.8) is 0 Å². The van der Waals surface area contributed by atoms with Crippen molar-refractivity contribution in [3.8, 4) is 11.5 Å². The van der Waals surface area contributed by atoms with Crippen LogP contribution in [0, 0.1) is 0 Å². The Morgan fingerprint density at radius 1 is 0.957 bits per heavy atom. The molecular formula is C17H21NO4S. The van der Waals surface area contributed by atoms with Crippen molar-refractivity contribution in [2.45, 2.75) is 13.3 Å². The maximum absolute atomic E-state index is 12.0. The molecule has 0 amide bonds. The van der Waals surface area contributed by atoms with Crippen molar-refractivity contribution < 1.29 is 17.9 Å². The number of benzene rings is 2. The lowest BCUT2D eigenvalue weighted by atomic mass is 10.2. The van der Waals surface area contributed by atoms with Gasteiger partial charge in [0.1, 0.15) is 23.9 Å². The second-order valence-electron chi connectivity index (χ2n) is 5.00. The Morgan fingerprint density at radius 3 is 2.13 bits per heavy atom. The molecule has 2 aromatic carbocycles. The van der Waals surface area contributed by atoms with Gasteiger partial charge in [0.15, 0.2) is 0 Å². The maximum atomic E-state index is 12.0. The third-order valence-corrected chi connectivity index (χ3v) is 4.57. The van der Waals surface area contributed by atoms with Gasteiger partial charge in [-0.3, -0.25) is 4.72 Å². The maximum Gasteiger partial charge on any atom is 0.236 e. The largest absolute Gasteiger partial charge is 0.497 e. The second-order valence-corrected chi connectivity index (χ2v) is 6.84. The highest BCUT2D eigenvalue weighted by atomic mass is 32.2. The van der Waals surface area contributed by atoms with E-state index in [-0.39, 0.29) is 12.4 Å². The highest BCUT2D eigenvalue weighted by molar-refractivity contribution is 7.92. The molecule has 0 radical (unpaired) electrons. The van der Waals surface area contributed by atoms with Crippen LogP contribution in [0.5, 0.6) is 11.5 Å². The Hall–Kier alpha value is -2.21. The molecule has 0 heterocycles. The van der Waals surface area contributed by atoms with Crippen LogP contribution in [0.15, 0.2) is 48.5 Å². The quantitative estimate of drug-likeness (QED) is 0.805. The molecule has 5 nitrogen and oxygen atoms in total. The minimum Gasteiger partial charge on any atom is -0.497 e. The summed E-state index contributed by atoms with van der Waals surface area (Å²) >= 11 is 0. The summed E-state index contributed by atoms with van der Waals surface area (Å²) in [6.45, 7) is 2.17. The molecule has 0 aromatic heterocycles. The molecule has 124 valence electrons. The van der Waals surface area contributed by atoms with Crippen LogP contribution in [0.3, 0.4) is 0 Å². The monoisotopic (exact) mass is 335 g/mol. The van der Waals surface area contributed by atoms with Crippen molar-refractivity contribution in [1.82, 2.24) is 0 Å². The van der Waals surface area contributed by atoms with E-state index in [9.17, 15) is 8.42 Å². The fourth-order valence-corrected chi connectivity index (χ4v) is 2.88. The second kappa shape index (κ2) is 7.87. The first-order valence-corrected chi connectivity index (χ1v) is 9.04. The first-order chi connectivity index (χ1) is 11.0. The fourth-order valence-electron chi connectivity index (χ4n) is 1.98. The van der Waals surface area contributed by atoms with Crippen LogP contribution in [-0.4, -0.2) is 27.9 Å². The molecule has 0 aliphatic rings. The minimum atomic E-state index is -3.45. The lowest BCUT2D eigenvalue weighted by molar-refractivity contribution is 0.341. The third kappa shape index (κ3) is 5.49. The van der Waals surface area contributed by atoms with Crippen molar-refractivity contribution in [1.29, 1.82) is 0 Å². The standard InChI is InChI=1S/C17H21NO4S/c1-3-14-4-8-17(9-5-14)22-12-13-23(19,20)18-15-6-10-16(21-2)11-7-15/h4-11,18H,3,12-13H2,1-2H3. The van der Waals surface area contributed by atoms with Crippen LogP contribution in [0.4, 0.5) is 5.69 Å². The van der Waals surface area contributed by atoms with Crippen molar-refractivity contribution >= 4 is 15.7 Å². The van der Waals surface area contributed by atoms with Gasteiger partial charge in [0, 0.05) is 5.69 Å².